The van der Waals surface area contributed by atoms with Crippen molar-refractivity contribution in [3.63, 3.8) is 0 Å². The molecule has 2 N–H and O–H groups in total. The number of rotatable bonds is 4. The van der Waals surface area contributed by atoms with Crippen LogP contribution in [0, 0.1) is 5.82 Å². The van der Waals surface area contributed by atoms with Crippen LogP contribution in [0.5, 0.6) is 0 Å². The third kappa shape index (κ3) is 2.82. The highest BCUT2D eigenvalue weighted by atomic mass is 32.2. The Morgan fingerprint density at radius 2 is 1.89 bits per heavy atom. The first-order valence-corrected chi connectivity index (χ1v) is 6.92. The summed E-state index contributed by atoms with van der Waals surface area (Å²) in [4.78, 5) is 3.73. The van der Waals surface area contributed by atoms with Crippen molar-refractivity contribution in [2.75, 3.05) is 17.1 Å². The molecule has 0 aliphatic carbocycles. The molecule has 1 aromatic carbocycles. The van der Waals surface area contributed by atoms with Crippen molar-refractivity contribution in [3.05, 3.63) is 48.5 Å². The first kappa shape index (κ1) is 13.3. The summed E-state index contributed by atoms with van der Waals surface area (Å²) >= 11 is 0. The summed E-state index contributed by atoms with van der Waals surface area (Å²) in [6.07, 6.45) is 2.67. The molecular weight excluding hydrogens is 269 g/mol. The Balaban J connectivity index is 2.41. The molecule has 0 saturated carbocycles. The second kappa shape index (κ2) is 5.23. The highest BCUT2D eigenvalue weighted by Crippen LogP contribution is 2.23. The fourth-order valence-corrected chi connectivity index (χ4v) is 2.77. The maximum absolute atomic E-state index is 13.5. The van der Waals surface area contributed by atoms with Gasteiger partial charge in [-0.25, -0.2) is 12.8 Å². The zero-order valence-corrected chi connectivity index (χ0v) is 10.9. The lowest BCUT2D eigenvalue weighted by molar-refractivity contribution is 0.598. The highest BCUT2D eigenvalue weighted by molar-refractivity contribution is 7.92. The fraction of sp³-hybridized carbons (Fsp3) is 0.0833. The quantitative estimate of drug-likeness (QED) is 0.900. The lowest BCUT2D eigenvalue weighted by Crippen LogP contribution is -2.15. The molecule has 0 bridgehead atoms. The largest absolute Gasteiger partial charge is 0.387 e. The van der Waals surface area contributed by atoms with Gasteiger partial charge in [0.1, 0.15) is 10.7 Å². The first-order valence-electron chi connectivity index (χ1n) is 5.43. The average molecular weight is 281 g/mol. The van der Waals surface area contributed by atoms with Gasteiger partial charge in [0.2, 0.25) is 0 Å². The number of anilines is 2. The number of hydrogen-bond donors (Lipinski definition) is 2. The van der Waals surface area contributed by atoms with Gasteiger partial charge in [0.05, 0.1) is 11.4 Å². The molecule has 0 aliphatic rings. The molecule has 0 unspecified atom stereocenters. The summed E-state index contributed by atoms with van der Waals surface area (Å²) in [6.45, 7) is 0. The summed E-state index contributed by atoms with van der Waals surface area (Å²) < 4.78 is 40.0. The average Bonchev–Trinajstić information content (AvgIpc) is 2.41. The SMILES string of the molecule is CNc1ccncc1S(=O)(=O)Nc1ccccc1F. The number of para-hydroxylation sites is 1. The van der Waals surface area contributed by atoms with Crippen LogP contribution >= 0.6 is 0 Å². The second-order valence-electron chi connectivity index (χ2n) is 3.71. The molecule has 1 aromatic heterocycles. The topological polar surface area (TPSA) is 71.1 Å². The molecule has 2 aromatic rings. The molecule has 0 saturated heterocycles. The van der Waals surface area contributed by atoms with E-state index in [4.69, 9.17) is 0 Å². The molecule has 0 atom stereocenters. The summed E-state index contributed by atoms with van der Waals surface area (Å²) in [7, 11) is -2.30. The molecule has 100 valence electrons. The molecule has 0 radical (unpaired) electrons. The van der Waals surface area contributed by atoms with Crippen molar-refractivity contribution in [1.29, 1.82) is 0 Å². The van der Waals surface area contributed by atoms with Crippen LogP contribution in [0.3, 0.4) is 0 Å². The maximum Gasteiger partial charge on any atom is 0.265 e. The van der Waals surface area contributed by atoms with Gasteiger partial charge in [0, 0.05) is 19.4 Å². The predicted octanol–water partition coefficient (Wildman–Crippen LogP) is 2.06. The van der Waals surface area contributed by atoms with Crippen molar-refractivity contribution < 1.29 is 12.8 Å². The van der Waals surface area contributed by atoms with Gasteiger partial charge in [-0.05, 0) is 18.2 Å². The molecule has 7 heteroatoms. The highest BCUT2D eigenvalue weighted by Gasteiger charge is 2.19. The van der Waals surface area contributed by atoms with E-state index in [0.717, 1.165) is 0 Å². The summed E-state index contributed by atoms with van der Waals surface area (Å²) in [5.41, 5.74) is 0.284. The summed E-state index contributed by atoms with van der Waals surface area (Å²) in [5.74, 6) is -0.638. The van der Waals surface area contributed by atoms with Gasteiger partial charge in [0.15, 0.2) is 0 Å². The number of hydrogen-bond acceptors (Lipinski definition) is 4. The van der Waals surface area contributed by atoms with Gasteiger partial charge < -0.3 is 5.32 Å². The van der Waals surface area contributed by atoms with Crippen LogP contribution in [0.2, 0.25) is 0 Å². The van der Waals surface area contributed by atoms with E-state index in [1.165, 1.54) is 36.7 Å². The third-order valence-electron chi connectivity index (χ3n) is 2.46. The van der Waals surface area contributed by atoms with E-state index in [-0.39, 0.29) is 10.6 Å². The number of nitrogens with zero attached hydrogens (tertiary/aromatic N) is 1. The van der Waals surface area contributed by atoms with Crippen LogP contribution in [-0.2, 0) is 10.0 Å². The molecule has 19 heavy (non-hydrogen) atoms. The van der Waals surface area contributed by atoms with Crippen LogP contribution in [-0.4, -0.2) is 20.4 Å². The minimum absolute atomic E-state index is 0.0410. The molecule has 1 heterocycles. The monoisotopic (exact) mass is 281 g/mol. The normalized spacial score (nSPS) is 11.1. The Kier molecular flexibility index (Phi) is 3.66. The molecule has 5 nitrogen and oxygen atoms in total. The van der Waals surface area contributed by atoms with Gasteiger partial charge in [0.25, 0.3) is 10.0 Å². The Bertz CT molecular complexity index is 689. The Hall–Kier alpha value is -2.15. The molecule has 0 spiro atoms. The van der Waals surface area contributed by atoms with E-state index >= 15 is 0 Å². The zero-order valence-electron chi connectivity index (χ0n) is 10.1. The number of nitrogens with one attached hydrogen (secondary N) is 2. The van der Waals surface area contributed by atoms with Gasteiger partial charge in [-0.1, -0.05) is 12.1 Å². The van der Waals surface area contributed by atoms with E-state index in [0.29, 0.717) is 5.69 Å². The van der Waals surface area contributed by atoms with Crippen molar-refractivity contribution in [1.82, 2.24) is 4.98 Å². The smallest absolute Gasteiger partial charge is 0.265 e. The third-order valence-corrected chi connectivity index (χ3v) is 3.85. The van der Waals surface area contributed by atoms with Crippen LogP contribution < -0.4 is 10.0 Å². The predicted molar refractivity (Wildman–Crippen MR) is 71.0 cm³/mol. The molecule has 0 amide bonds. The van der Waals surface area contributed by atoms with E-state index in [1.807, 2.05) is 0 Å². The lowest BCUT2D eigenvalue weighted by Gasteiger charge is -2.11. The van der Waals surface area contributed by atoms with Gasteiger partial charge in [-0.15, -0.1) is 0 Å². The van der Waals surface area contributed by atoms with Crippen molar-refractivity contribution in [2.45, 2.75) is 4.90 Å². The van der Waals surface area contributed by atoms with Gasteiger partial charge >= 0.3 is 0 Å². The van der Waals surface area contributed by atoms with Gasteiger partial charge in [-0.2, -0.15) is 0 Å². The Morgan fingerprint density at radius 3 is 2.58 bits per heavy atom. The Morgan fingerprint density at radius 1 is 1.16 bits per heavy atom. The first-order chi connectivity index (χ1) is 9.04. The minimum atomic E-state index is -3.89. The number of halogens is 1. The Labute approximate surface area is 110 Å². The van der Waals surface area contributed by atoms with Crippen molar-refractivity contribution >= 4 is 21.4 Å². The van der Waals surface area contributed by atoms with E-state index in [2.05, 4.69) is 15.0 Å². The van der Waals surface area contributed by atoms with E-state index < -0.39 is 15.8 Å². The van der Waals surface area contributed by atoms with E-state index in [1.54, 1.807) is 13.1 Å². The number of aromatic nitrogens is 1. The van der Waals surface area contributed by atoms with Gasteiger partial charge in [-0.3, -0.25) is 9.71 Å². The zero-order chi connectivity index (χ0) is 13.9. The summed E-state index contributed by atoms with van der Waals surface area (Å²) in [6, 6.07) is 7.08. The molecule has 0 aliphatic heterocycles. The summed E-state index contributed by atoms with van der Waals surface area (Å²) in [5, 5.41) is 2.75. The number of pyridine rings is 1. The maximum atomic E-state index is 13.5. The van der Waals surface area contributed by atoms with E-state index in [9.17, 15) is 12.8 Å². The van der Waals surface area contributed by atoms with Crippen LogP contribution in [0.25, 0.3) is 0 Å². The van der Waals surface area contributed by atoms with Crippen LogP contribution in [0.1, 0.15) is 0 Å². The van der Waals surface area contributed by atoms with Crippen molar-refractivity contribution in [2.24, 2.45) is 0 Å². The minimum Gasteiger partial charge on any atom is -0.387 e. The van der Waals surface area contributed by atoms with Crippen LogP contribution in [0.4, 0.5) is 15.8 Å². The second-order valence-corrected chi connectivity index (χ2v) is 5.36. The number of sulfonamides is 1. The molecular formula is C12H12FN3O2S. The lowest BCUT2D eigenvalue weighted by atomic mass is 10.3. The fourth-order valence-electron chi connectivity index (χ4n) is 1.54. The van der Waals surface area contributed by atoms with Crippen LogP contribution in [0.15, 0.2) is 47.6 Å². The standard InChI is InChI=1S/C12H12FN3O2S/c1-14-11-6-7-15-8-12(11)19(17,18)16-10-5-3-2-4-9(10)13/h2-8,16H,1H3,(H,14,15). The van der Waals surface area contributed by atoms with Crippen molar-refractivity contribution in [3.8, 4) is 0 Å². The molecule has 2 rings (SSSR count). The molecule has 0 fully saturated rings. The number of benzene rings is 1.